The molecule has 4 heteroatoms. The molecule has 0 amide bonds. The Bertz CT molecular complexity index is 498. The van der Waals surface area contributed by atoms with E-state index in [9.17, 15) is 9.59 Å². The maximum absolute atomic E-state index is 12.1. The molecule has 1 aromatic carbocycles. The highest BCUT2D eigenvalue weighted by Crippen LogP contribution is 2.36. The summed E-state index contributed by atoms with van der Waals surface area (Å²) in [6.07, 6.45) is 1.38. The number of benzene rings is 1. The Labute approximate surface area is 117 Å². The number of halogens is 1. The SMILES string of the molecule is CC(c1cccc(Cl)c1)C1CC[C@@H](C(=O)O)CC1=O. The highest BCUT2D eigenvalue weighted by atomic mass is 35.5. The second-order valence-corrected chi connectivity index (χ2v) is 5.67. The fourth-order valence-corrected chi connectivity index (χ4v) is 3.00. The molecule has 1 N–H and O–H groups in total. The van der Waals surface area contributed by atoms with E-state index in [1.807, 2.05) is 25.1 Å². The van der Waals surface area contributed by atoms with Gasteiger partial charge >= 0.3 is 5.97 Å². The minimum atomic E-state index is -0.859. The van der Waals surface area contributed by atoms with Gasteiger partial charge in [0.05, 0.1) is 5.92 Å². The van der Waals surface area contributed by atoms with Crippen molar-refractivity contribution in [3.63, 3.8) is 0 Å². The van der Waals surface area contributed by atoms with Gasteiger partial charge < -0.3 is 5.11 Å². The van der Waals surface area contributed by atoms with Crippen LogP contribution >= 0.6 is 11.6 Å². The molecule has 2 unspecified atom stereocenters. The van der Waals surface area contributed by atoms with E-state index in [1.54, 1.807) is 6.07 Å². The van der Waals surface area contributed by atoms with E-state index >= 15 is 0 Å². The average Bonchev–Trinajstić information content (AvgIpc) is 2.37. The maximum atomic E-state index is 12.1. The van der Waals surface area contributed by atoms with Gasteiger partial charge in [-0.3, -0.25) is 9.59 Å². The van der Waals surface area contributed by atoms with Crippen LogP contribution in [0.1, 0.15) is 37.7 Å². The van der Waals surface area contributed by atoms with Crippen LogP contribution < -0.4 is 0 Å². The summed E-state index contributed by atoms with van der Waals surface area (Å²) >= 11 is 5.97. The molecular formula is C15H17ClO3. The highest BCUT2D eigenvalue weighted by Gasteiger charge is 2.35. The van der Waals surface area contributed by atoms with Crippen molar-refractivity contribution in [1.29, 1.82) is 0 Å². The third kappa shape index (κ3) is 3.16. The molecule has 102 valence electrons. The van der Waals surface area contributed by atoms with E-state index in [1.165, 1.54) is 0 Å². The number of carboxylic acid groups (broad SMARTS) is 1. The molecule has 19 heavy (non-hydrogen) atoms. The molecule has 0 spiro atoms. The van der Waals surface area contributed by atoms with Crippen LogP contribution in [-0.4, -0.2) is 16.9 Å². The number of carbonyl (C=O) groups excluding carboxylic acids is 1. The first-order valence-corrected chi connectivity index (χ1v) is 6.88. The standard InChI is InChI=1S/C15H17ClO3/c1-9(10-3-2-4-12(16)7-10)13-6-5-11(15(18)19)8-14(13)17/h2-4,7,9,11,13H,5-6,8H2,1H3,(H,18,19)/t9?,11-,13?/m1/s1. The molecule has 0 saturated heterocycles. The molecule has 1 fully saturated rings. The zero-order chi connectivity index (χ0) is 14.0. The van der Waals surface area contributed by atoms with Crippen LogP contribution in [0.2, 0.25) is 5.02 Å². The zero-order valence-electron chi connectivity index (χ0n) is 10.8. The second-order valence-electron chi connectivity index (χ2n) is 5.23. The first kappa shape index (κ1) is 14.1. The van der Waals surface area contributed by atoms with Crippen LogP contribution in [-0.2, 0) is 9.59 Å². The lowest BCUT2D eigenvalue weighted by molar-refractivity contribution is -0.146. The van der Waals surface area contributed by atoms with E-state index in [0.29, 0.717) is 17.9 Å². The van der Waals surface area contributed by atoms with E-state index < -0.39 is 11.9 Å². The van der Waals surface area contributed by atoms with Gasteiger partial charge in [0.2, 0.25) is 0 Å². The van der Waals surface area contributed by atoms with Crippen LogP contribution in [0.25, 0.3) is 0 Å². The summed E-state index contributed by atoms with van der Waals surface area (Å²) in [6, 6.07) is 7.53. The first-order valence-electron chi connectivity index (χ1n) is 6.50. The van der Waals surface area contributed by atoms with Crippen molar-refractivity contribution < 1.29 is 14.7 Å². The molecule has 1 aliphatic carbocycles. The Morgan fingerprint density at radius 2 is 2.16 bits per heavy atom. The van der Waals surface area contributed by atoms with Crippen molar-refractivity contribution in [2.24, 2.45) is 11.8 Å². The third-order valence-electron chi connectivity index (χ3n) is 4.01. The van der Waals surface area contributed by atoms with Gasteiger partial charge in [-0.15, -0.1) is 0 Å². The van der Waals surface area contributed by atoms with Crippen LogP contribution in [0, 0.1) is 11.8 Å². The molecule has 1 saturated carbocycles. The Balaban J connectivity index is 2.11. The summed E-state index contributed by atoms with van der Waals surface area (Å²) in [5.41, 5.74) is 1.04. The van der Waals surface area contributed by atoms with Gasteiger partial charge in [-0.1, -0.05) is 30.7 Å². The molecule has 3 atom stereocenters. The lowest BCUT2D eigenvalue weighted by Crippen LogP contribution is -2.31. The Hall–Kier alpha value is -1.35. The fraction of sp³-hybridized carbons (Fsp3) is 0.467. The van der Waals surface area contributed by atoms with Crippen LogP contribution in [0.4, 0.5) is 0 Å². The van der Waals surface area contributed by atoms with E-state index in [2.05, 4.69) is 0 Å². The number of rotatable bonds is 3. The van der Waals surface area contributed by atoms with Crippen molar-refractivity contribution in [3.05, 3.63) is 34.9 Å². The smallest absolute Gasteiger partial charge is 0.306 e. The minimum Gasteiger partial charge on any atom is -0.481 e. The maximum Gasteiger partial charge on any atom is 0.306 e. The topological polar surface area (TPSA) is 54.4 Å². The van der Waals surface area contributed by atoms with E-state index in [4.69, 9.17) is 16.7 Å². The highest BCUT2D eigenvalue weighted by molar-refractivity contribution is 6.30. The second kappa shape index (κ2) is 5.74. The number of hydrogen-bond donors (Lipinski definition) is 1. The summed E-state index contributed by atoms with van der Waals surface area (Å²) in [6.45, 7) is 2.01. The Kier molecular flexibility index (Phi) is 4.25. The zero-order valence-corrected chi connectivity index (χ0v) is 11.6. The number of ketones is 1. The van der Waals surface area contributed by atoms with Crippen LogP contribution in [0.3, 0.4) is 0 Å². The fourth-order valence-electron chi connectivity index (χ4n) is 2.80. The largest absolute Gasteiger partial charge is 0.481 e. The lowest BCUT2D eigenvalue weighted by atomic mass is 9.73. The monoisotopic (exact) mass is 280 g/mol. The predicted molar refractivity (Wildman–Crippen MR) is 73.3 cm³/mol. The van der Waals surface area contributed by atoms with Gasteiger partial charge in [-0.05, 0) is 36.5 Å². The number of aliphatic carboxylic acids is 1. The summed E-state index contributed by atoms with van der Waals surface area (Å²) in [7, 11) is 0. The Morgan fingerprint density at radius 1 is 1.42 bits per heavy atom. The van der Waals surface area contributed by atoms with E-state index in [-0.39, 0.29) is 24.0 Å². The van der Waals surface area contributed by atoms with Crippen molar-refractivity contribution >= 4 is 23.4 Å². The minimum absolute atomic E-state index is 0.0612. The van der Waals surface area contributed by atoms with E-state index in [0.717, 1.165) is 5.56 Å². The van der Waals surface area contributed by atoms with Gasteiger partial charge in [-0.2, -0.15) is 0 Å². The van der Waals surface area contributed by atoms with Gasteiger partial charge in [0.15, 0.2) is 0 Å². The van der Waals surface area contributed by atoms with Gasteiger partial charge in [-0.25, -0.2) is 0 Å². The number of hydrogen-bond acceptors (Lipinski definition) is 2. The Morgan fingerprint density at radius 3 is 2.74 bits per heavy atom. The van der Waals surface area contributed by atoms with Gasteiger partial charge in [0, 0.05) is 17.4 Å². The summed E-state index contributed by atoms with van der Waals surface area (Å²) < 4.78 is 0. The molecule has 3 nitrogen and oxygen atoms in total. The van der Waals surface area contributed by atoms with Crippen molar-refractivity contribution in [3.8, 4) is 0 Å². The quantitative estimate of drug-likeness (QED) is 0.922. The van der Waals surface area contributed by atoms with Crippen molar-refractivity contribution in [1.82, 2.24) is 0 Å². The average molecular weight is 281 g/mol. The number of carbonyl (C=O) groups is 2. The van der Waals surface area contributed by atoms with Gasteiger partial charge in [0.25, 0.3) is 0 Å². The molecule has 0 radical (unpaired) electrons. The summed E-state index contributed by atoms with van der Waals surface area (Å²) in [4.78, 5) is 23.0. The van der Waals surface area contributed by atoms with Crippen LogP contribution in [0.5, 0.6) is 0 Å². The van der Waals surface area contributed by atoms with Crippen molar-refractivity contribution in [2.75, 3.05) is 0 Å². The summed E-state index contributed by atoms with van der Waals surface area (Å²) in [5.74, 6) is -1.31. The number of Topliss-reactive ketones (excluding diaryl/α,β-unsaturated/α-hetero) is 1. The molecule has 1 aromatic rings. The summed E-state index contributed by atoms with van der Waals surface area (Å²) in [5, 5.41) is 9.63. The molecule has 0 aliphatic heterocycles. The normalized spacial score (nSPS) is 25.1. The number of carboxylic acids is 1. The molecule has 2 rings (SSSR count). The lowest BCUT2D eigenvalue weighted by Gasteiger charge is -2.29. The molecule has 0 aromatic heterocycles. The molecule has 0 bridgehead atoms. The van der Waals surface area contributed by atoms with Gasteiger partial charge in [0.1, 0.15) is 5.78 Å². The molecule has 0 heterocycles. The predicted octanol–water partition coefficient (Wildman–Crippen LogP) is 3.51. The van der Waals surface area contributed by atoms with Crippen molar-refractivity contribution in [2.45, 2.75) is 32.1 Å². The first-order chi connectivity index (χ1) is 8.99. The van der Waals surface area contributed by atoms with Crippen LogP contribution in [0.15, 0.2) is 24.3 Å². The molecule has 1 aliphatic rings. The molecular weight excluding hydrogens is 264 g/mol. The third-order valence-corrected chi connectivity index (χ3v) is 4.25.